The lowest BCUT2D eigenvalue weighted by Crippen LogP contribution is -2.54. The van der Waals surface area contributed by atoms with Crippen molar-refractivity contribution in [1.29, 1.82) is 0 Å². The molecule has 0 saturated carbocycles. The Balaban J connectivity index is 2.30. The van der Waals surface area contributed by atoms with Crippen molar-refractivity contribution < 1.29 is 9.18 Å². The van der Waals surface area contributed by atoms with Crippen LogP contribution in [0.3, 0.4) is 0 Å². The summed E-state index contributed by atoms with van der Waals surface area (Å²) >= 11 is 0. The molecule has 1 fully saturated rings. The number of carbonyl (C=O) groups is 1. The van der Waals surface area contributed by atoms with E-state index in [0.29, 0.717) is 18.8 Å². The lowest BCUT2D eigenvalue weighted by molar-refractivity contribution is -0.122. The first kappa shape index (κ1) is 12.8. The third-order valence-electron chi connectivity index (χ3n) is 3.31. The van der Waals surface area contributed by atoms with Crippen LogP contribution >= 0.6 is 0 Å². The second-order valence-corrected chi connectivity index (χ2v) is 4.66. The normalized spacial score (nSPS) is 21.7. The van der Waals surface area contributed by atoms with Crippen molar-refractivity contribution in [2.75, 3.05) is 18.0 Å². The van der Waals surface area contributed by atoms with Crippen LogP contribution in [0.1, 0.15) is 25.5 Å². The first-order chi connectivity index (χ1) is 8.50. The van der Waals surface area contributed by atoms with Crippen molar-refractivity contribution in [3.05, 3.63) is 29.6 Å². The maximum Gasteiger partial charge on any atom is 0.242 e. The van der Waals surface area contributed by atoms with Crippen LogP contribution in [-0.2, 0) is 4.79 Å². The van der Waals surface area contributed by atoms with Gasteiger partial charge in [-0.15, -0.1) is 0 Å². The van der Waals surface area contributed by atoms with E-state index < -0.39 is 0 Å². The van der Waals surface area contributed by atoms with E-state index in [1.807, 2.05) is 13.0 Å². The molecule has 98 valence electrons. The van der Waals surface area contributed by atoms with Crippen LogP contribution in [0.15, 0.2) is 18.2 Å². The Morgan fingerprint density at radius 1 is 1.56 bits per heavy atom. The molecule has 1 amide bonds. The Morgan fingerprint density at radius 3 is 2.89 bits per heavy atom. The van der Waals surface area contributed by atoms with Crippen LogP contribution < -0.4 is 16.0 Å². The molecule has 0 bridgehead atoms. The number of nitrogens with zero attached hydrogens (tertiary/aromatic N) is 1. The molecule has 1 heterocycles. The fraction of sp³-hybridized carbons (Fsp3) is 0.462. The predicted octanol–water partition coefficient (Wildman–Crippen LogP) is 1.17. The topological polar surface area (TPSA) is 58.4 Å². The van der Waals surface area contributed by atoms with Gasteiger partial charge in [0, 0.05) is 19.1 Å². The number of rotatable bonds is 2. The number of hydrogen-bond acceptors (Lipinski definition) is 3. The van der Waals surface area contributed by atoms with Crippen LogP contribution in [0.25, 0.3) is 0 Å². The predicted molar refractivity (Wildman–Crippen MR) is 68.8 cm³/mol. The molecule has 0 aliphatic carbocycles. The fourth-order valence-electron chi connectivity index (χ4n) is 2.15. The van der Waals surface area contributed by atoms with Crippen LogP contribution in [0, 0.1) is 5.82 Å². The average molecular weight is 251 g/mol. The molecule has 1 aliphatic heterocycles. The van der Waals surface area contributed by atoms with E-state index in [4.69, 9.17) is 5.73 Å². The average Bonchev–Trinajstić information content (AvgIpc) is 2.33. The lowest BCUT2D eigenvalue weighted by atomic mass is 10.1. The minimum atomic E-state index is -0.352. The van der Waals surface area contributed by atoms with Crippen LogP contribution in [0.5, 0.6) is 0 Å². The Kier molecular flexibility index (Phi) is 3.52. The first-order valence-electron chi connectivity index (χ1n) is 6.10. The third-order valence-corrected chi connectivity index (χ3v) is 3.31. The van der Waals surface area contributed by atoms with Crippen LogP contribution in [-0.4, -0.2) is 25.0 Å². The highest BCUT2D eigenvalue weighted by atomic mass is 19.1. The number of anilines is 1. The molecule has 0 radical (unpaired) electrons. The second kappa shape index (κ2) is 4.94. The Labute approximate surface area is 106 Å². The minimum absolute atomic E-state index is 0.0723. The van der Waals surface area contributed by atoms with E-state index in [2.05, 4.69) is 5.32 Å². The Bertz CT molecular complexity index is 462. The number of piperazine rings is 1. The number of halogens is 1. The van der Waals surface area contributed by atoms with Gasteiger partial charge in [-0.2, -0.15) is 0 Å². The number of benzene rings is 1. The van der Waals surface area contributed by atoms with Gasteiger partial charge in [-0.25, -0.2) is 4.39 Å². The minimum Gasteiger partial charge on any atom is -0.356 e. The first-order valence-corrected chi connectivity index (χ1v) is 6.10. The van der Waals surface area contributed by atoms with Gasteiger partial charge in [-0.05, 0) is 31.5 Å². The van der Waals surface area contributed by atoms with Crippen molar-refractivity contribution in [1.82, 2.24) is 5.32 Å². The highest BCUT2D eigenvalue weighted by molar-refractivity contribution is 5.86. The highest BCUT2D eigenvalue weighted by Crippen LogP contribution is 2.25. The van der Waals surface area contributed by atoms with E-state index in [-0.39, 0.29) is 23.8 Å². The molecular formula is C13H18FN3O. The smallest absolute Gasteiger partial charge is 0.242 e. The summed E-state index contributed by atoms with van der Waals surface area (Å²) in [7, 11) is 0. The van der Waals surface area contributed by atoms with E-state index in [9.17, 15) is 9.18 Å². The monoisotopic (exact) mass is 251 g/mol. The van der Waals surface area contributed by atoms with Gasteiger partial charge >= 0.3 is 0 Å². The highest BCUT2D eigenvalue weighted by Gasteiger charge is 2.27. The van der Waals surface area contributed by atoms with Crippen molar-refractivity contribution >= 4 is 11.6 Å². The fourth-order valence-corrected chi connectivity index (χ4v) is 2.15. The van der Waals surface area contributed by atoms with Gasteiger partial charge in [0.15, 0.2) is 0 Å². The SMILES string of the molecule is CC(N)c1ccc(N2CCNC(=O)C2C)c(F)c1. The van der Waals surface area contributed by atoms with Gasteiger partial charge < -0.3 is 16.0 Å². The molecule has 2 unspecified atom stereocenters. The quantitative estimate of drug-likeness (QED) is 0.829. The summed E-state index contributed by atoms with van der Waals surface area (Å²) in [5.41, 5.74) is 6.93. The van der Waals surface area contributed by atoms with Crippen molar-refractivity contribution in [2.45, 2.75) is 25.9 Å². The Morgan fingerprint density at radius 2 is 2.28 bits per heavy atom. The van der Waals surface area contributed by atoms with Crippen LogP contribution in [0.4, 0.5) is 10.1 Å². The van der Waals surface area contributed by atoms with Gasteiger partial charge in [0.1, 0.15) is 11.9 Å². The maximum atomic E-state index is 14.1. The van der Waals surface area contributed by atoms with Gasteiger partial charge in [0.2, 0.25) is 5.91 Å². The molecule has 1 aromatic rings. The summed E-state index contributed by atoms with van der Waals surface area (Å²) in [6, 6.07) is 4.40. The maximum absolute atomic E-state index is 14.1. The van der Waals surface area contributed by atoms with E-state index in [1.54, 1.807) is 17.9 Å². The standard InChI is InChI=1S/C13H18FN3O/c1-8(15)10-3-4-12(11(14)7-10)17-6-5-16-13(18)9(17)2/h3-4,7-9H,5-6,15H2,1-2H3,(H,16,18). The molecule has 5 heteroatoms. The van der Waals surface area contributed by atoms with E-state index >= 15 is 0 Å². The molecular weight excluding hydrogens is 233 g/mol. The third kappa shape index (κ3) is 2.31. The number of amides is 1. The zero-order valence-corrected chi connectivity index (χ0v) is 10.6. The lowest BCUT2D eigenvalue weighted by Gasteiger charge is -2.35. The van der Waals surface area contributed by atoms with Crippen molar-refractivity contribution in [3.8, 4) is 0 Å². The van der Waals surface area contributed by atoms with Gasteiger partial charge in [0.05, 0.1) is 5.69 Å². The summed E-state index contributed by atoms with van der Waals surface area (Å²) in [5, 5.41) is 2.76. The summed E-state index contributed by atoms with van der Waals surface area (Å²) in [6.07, 6.45) is 0. The van der Waals surface area contributed by atoms with Crippen LogP contribution in [0.2, 0.25) is 0 Å². The molecule has 2 rings (SSSR count). The number of nitrogens with two attached hydrogens (primary N) is 1. The molecule has 0 aromatic heterocycles. The molecule has 4 nitrogen and oxygen atoms in total. The van der Waals surface area contributed by atoms with E-state index in [0.717, 1.165) is 5.56 Å². The molecule has 1 saturated heterocycles. The zero-order chi connectivity index (χ0) is 13.3. The van der Waals surface area contributed by atoms with Crippen molar-refractivity contribution in [2.24, 2.45) is 5.73 Å². The van der Waals surface area contributed by atoms with Gasteiger partial charge in [0.25, 0.3) is 0 Å². The molecule has 1 aliphatic rings. The zero-order valence-electron chi connectivity index (χ0n) is 10.6. The number of nitrogens with one attached hydrogen (secondary N) is 1. The Hall–Kier alpha value is -1.62. The second-order valence-electron chi connectivity index (χ2n) is 4.66. The van der Waals surface area contributed by atoms with E-state index in [1.165, 1.54) is 6.07 Å². The molecule has 0 spiro atoms. The number of carbonyl (C=O) groups excluding carboxylic acids is 1. The van der Waals surface area contributed by atoms with Gasteiger partial charge in [-0.1, -0.05) is 6.07 Å². The largest absolute Gasteiger partial charge is 0.356 e. The summed E-state index contributed by atoms with van der Waals surface area (Å²) in [5.74, 6) is -0.400. The molecule has 2 atom stereocenters. The summed E-state index contributed by atoms with van der Waals surface area (Å²) in [4.78, 5) is 13.3. The molecule has 18 heavy (non-hydrogen) atoms. The molecule has 1 aromatic carbocycles. The van der Waals surface area contributed by atoms with Gasteiger partial charge in [-0.3, -0.25) is 4.79 Å². The number of hydrogen-bond donors (Lipinski definition) is 2. The summed E-state index contributed by atoms with van der Waals surface area (Å²) < 4.78 is 14.1. The summed E-state index contributed by atoms with van der Waals surface area (Å²) in [6.45, 7) is 4.73. The van der Waals surface area contributed by atoms with Crippen molar-refractivity contribution in [3.63, 3.8) is 0 Å². The molecule has 3 N–H and O–H groups in total.